The van der Waals surface area contributed by atoms with Crippen molar-refractivity contribution >= 4 is 0 Å². The van der Waals surface area contributed by atoms with Gasteiger partial charge in [0.1, 0.15) is 5.82 Å². The van der Waals surface area contributed by atoms with Gasteiger partial charge in [0, 0.05) is 0 Å². The zero-order valence-corrected chi connectivity index (χ0v) is 8.97. The van der Waals surface area contributed by atoms with Crippen molar-refractivity contribution in [3.8, 4) is 0 Å². The van der Waals surface area contributed by atoms with Crippen LogP contribution in [0, 0.1) is 11.2 Å². The van der Waals surface area contributed by atoms with Gasteiger partial charge in [-0.3, -0.25) is 0 Å². The molecule has 1 N–H and O–H groups in total. The van der Waals surface area contributed by atoms with Crippen LogP contribution in [-0.2, 0) is 13.0 Å². The summed E-state index contributed by atoms with van der Waals surface area (Å²) >= 11 is 0. The third-order valence-corrected chi connectivity index (χ3v) is 2.02. The monoisotopic (exact) mass is 196 g/mol. The fourth-order valence-corrected chi connectivity index (χ4v) is 1.40. The summed E-state index contributed by atoms with van der Waals surface area (Å²) < 4.78 is 13.5. The second-order valence-corrected chi connectivity index (χ2v) is 4.82. The summed E-state index contributed by atoms with van der Waals surface area (Å²) in [5, 5.41) is 8.82. The largest absolute Gasteiger partial charge is 0.392 e. The van der Waals surface area contributed by atoms with Crippen molar-refractivity contribution in [2.75, 3.05) is 0 Å². The van der Waals surface area contributed by atoms with E-state index in [0.29, 0.717) is 12.0 Å². The number of halogens is 1. The molecule has 0 amide bonds. The fraction of sp³-hybridized carbons (Fsp3) is 0.500. The quantitative estimate of drug-likeness (QED) is 0.771. The van der Waals surface area contributed by atoms with E-state index in [4.69, 9.17) is 5.11 Å². The lowest BCUT2D eigenvalue weighted by Crippen LogP contribution is -2.10. The van der Waals surface area contributed by atoms with E-state index >= 15 is 0 Å². The molecule has 78 valence electrons. The van der Waals surface area contributed by atoms with Gasteiger partial charge in [-0.25, -0.2) is 4.39 Å². The minimum absolute atomic E-state index is 0.0849. The lowest BCUT2D eigenvalue weighted by molar-refractivity contribution is 0.281. The number of hydrogen-bond donors (Lipinski definition) is 1. The van der Waals surface area contributed by atoms with E-state index < -0.39 is 0 Å². The Morgan fingerprint density at radius 1 is 1.29 bits per heavy atom. The summed E-state index contributed by atoms with van der Waals surface area (Å²) in [6, 6.07) is 4.93. The predicted molar refractivity (Wildman–Crippen MR) is 55.5 cm³/mol. The van der Waals surface area contributed by atoms with E-state index in [0.717, 1.165) is 5.56 Å². The summed E-state index contributed by atoms with van der Waals surface area (Å²) in [4.78, 5) is 0. The zero-order valence-electron chi connectivity index (χ0n) is 8.97. The van der Waals surface area contributed by atoms with Gasteiger partial charge in [0.25, 0.3) is 0 Å². The van der Waals surface area contributed by atoms with Crippen molar-refractivity contribution < 1.29 is 9.50 Å². The lowest BCUT2D eigenvalue weighted by atomic mass is 9.88. The van der Waals surface area contributed by atoms with Gasteiger partial charge in [-0.1, -0.05) is 32.9 Å². The Morgan fingerprint density at radius 3 is 2.36 bits per heavy atom. The molecular weight excluding hydrogens is 179 g/mol. The lowest BCUT2D eigenvalue weighted by Gasteiger charge is -2.18. The van der Waals surface area contributed by atoms with Crippen molar-refractivity contribution in [3.63, 3.8) is 0 Å². The van der Waals surface area contributed by atoms with E-state index in [2.05, 4.69) is 20.8 Å². The summed E-state index contributed by atoms with van der Waals surface area (Å²) in [5.41, 5.74) is 1.43. The Hall–Kier alpha value is -0.890. The van der Waals surface area contributed by atoms with Crippen LogP contribution >= 0.6 is 0 Å². The predicted octanol–water partition coefficient (Wildman–Crippen LogP) is 2.91. The van der Waals surface area contributed by atoms with Gasteiger partial charge < -0.3 is 5.11 Å². The Labute approximate surface area is 84.6 Å². The number of hydrogen-bond acceptors (Lipinski definition) is 1. The average Bonchev–Trinajstić information content (AvgIpc) is 2.06. The Morgan fingerprint density at radius 2 is 1.93 bits per heavy atom. The molecule has 0 atom stereocenters. The molecule has 1 aromatic carbocycles. The van der Waals surface area contributed by atoms with Crippen LogP contribution in [0.2, 0.25) is 0 Å². The van der Waals surface area contributed by atoms with Crippen molar-refractivity contribution in [2.45, 2.75) is 33.8 Å². The molecule has 0 aliphatic rings. The van der Waals surface area contributed by atoms with Crippen LogP contribution in [0.15, 0.2) is 18.2 Å². The minimum atomic E-state index is -0.216. The second-order valence-electron chi connectivity index (χ2n) is 4.82. The van der Waals surface area contributed by atoms with E-state index in [9.17, 15) is 4.39 Å². The molecule has 0 spiro atoms. The van der Waals surface area contributed by atoms with Crippen LogP contribution in [0.5, 0.6) is 0 Å². The molecule has 0 heterocycles. The Kier molecular flexibility index (Phi) is 3.27. The highest BCUT2D eigenvalue weighted by atomic mass is 19.1. The second kappa shape index (κ2) is 4.09. The molecule has 0 radical (unpaired) electrons. The molecule has 0 saturated heterocycles. The first-order valence-corrected chi connectivity index (χ1v) is 4.80. The van der Waals surface area contributed by atoms with Crippen molar-refractivity contribution in [3.05, 3.63) is 35.1 Å². The number of rotatable bonds is 2. The summed E-state index contributed by atoms with van der Waals surface area (Å²) in [7, 11) is 0. The zero-order chi connectivity index (χ0) is 10.8. The summed E-state index contributed by atoms with van der Waals surface area (Å²) in [5.74, 6) is -0.216. The first-order chi connectivity index (χ1) is 6.42. The van der Waals surface area contributed by atoms with Gasteiger partial charge in [-0.05, 0) is 29.0 Å². The van der Waals surface area contributed by atoms with Crippen molar-refractivity contribution in [1.29, 1.82) is 0 Å². The molecule has 0 aliphatic carbocycles. The maximum Gasteiger partial charge on any atom is 0.126 e. The third kappa shape index (κ3) is 3.11. The van der Waals surface area contributed by atoms with Gasteiger partial charge in [-0.15, -0.1) is 0 Å². The van der Waals surface area contributed by atoms with Crippen LogP contribution in [0.1, 0.15) is 31.9 Å². The van der Waals surface area contributed by atoms with E-state index in [1.165, 1.54) is 6.07 Å². The highest BCUT2D eigenvalue weighted by molar-refractivity contribution is 5.24. The van der Waals surface area contributed by atoms with E-state index in [1.807, 2.05) is 0 Å². The standard InChI is InChI=1S/C12H17FO/c1-12(2,3)7-10-5-4-9(8-14)6-11(10)13/h4-6,14H,7-8H2,1-3H3. The Balaban J connectivity index is 2.89. The smallest absolute Gasteiger partial charge is 0.126 e. The van der Waals surface area contributed by atoms with Crippen LogP contribution in [0.4, 0.5) is 4.39 Å². The van der Waals surface area contributed by atoms with Gasteiger partial charge in [0.2, 0.25) is 0 Å². The Bertz CT molecular complexity index is 313. The summed E-state index contributed by atoms with van der Waals surface area (Å²) in [6.45, 7) is 6.12. The van der Waals surface area contributed by atoms with Crippen LogP contribution in [-0.4, -0.2) is 5.11 Å². The maximum absolute atomic E-state index is 13.5. The number of aliphatic hydroxyl groups is 1. The molecule has 0 aromatic heterocycles. The summed E-state index contributed by atoms with van der Waals surface area (Å²) in [6.07, 6.45) is 0.713. The van der Waals surface area contributed by atoms with Crippen LogP contribution in [0.3, 0.4) is 0 Å². The SMILES string of the molecule is CC(C)(C)Cc1ccc(CO)cc1F. The first-order valence-electron chi connectivity index (χ1n) is 4.80. The van der Waals surface area contributed by atoms with Crippen LogP contribution < -0.4 is 0 Å². The third-order valence-electron chi connectivity index (χ3n) is 2.02. The molecular formula is C12H17FO. The molecule has 14 heavy (non-hydrogen) atoms. The molecule has 0 fully saturated rings. The minimum Gasteiger partial charge on any atom is -0.392 e. The average molecular weight is 196 g/mol. The van der Waals surface area contributed by atoms with Gasteiger partial charge in [0.15, 0.2) is 0 Å². The molecule has 2 heteroatoms. The fourth-order valence-electron chi connectivity index (χ4n) is 1.40. The molecule has 0 bridgehead atoms. The van der Waals surface area contributed by atoms with Gasteiger partial charge in [0.05, 0.1) is 6.61 Å². The molecule has 0 unspecified atom stereocenters. The topological polar surface area (TPSA) is 20.2 Å². The maximum atomic E-state index is 13.5. The molecule has 1 nitrogen and oxygen atoms in total. The number of benzene rings is 1. The number of aliphatic hydroxyl groups excluding tert-OH is 1. The highest BCUT2D eigenvalue weighted by Gasteiger charge is 2.14. The molecule has 1 aromatic rings. The van der Waals surface area contributed by atoms with E-state index in [1.54, 1.807) is 12.1 Å². The normalized spacial score (nSPS) is 11.8. The van der Waals surface area contributed by atoms with Gasteiger partial charge >= 0.3 is 0 Å². The highest BCUT2D eigenvalue weighted by Crippen LogP contribution is 2.22. The van der Waals surface area contributed by atoms with Crippen LogP contribution in [0.25, 0.3) is 0 Å². The molecule has 0 saturated carbocycles. The first kappa shape index (κ1) is 11.2. The van der Waals surface area contributed by atoms with Gasteiger partial charge in [-0.2, -0.15) is 0 Å². The molecule has 1 rings (SSSR count). The van der Waals surface area contributed by atoms with E-state index in [-0.39, 0.29) is 17.8 Å². The molecule has 0 aliphatic heterocycles. The van der Waals surface area contributed by atoms with Crippen molar-refractivity contribution in [2.24, 2.45) is 5.41 Å². The van der Waals surface area contributed by atoms with Crippen molar-refractivity contribution in [1.82, 2.24) is 0 Å².